The number of H-pyrrole nitrogens is 1. The van der Waals surface area contributed by atoms with E-state index >= 15 is 0 Å². The molecule has 0 fully saturated rings. The lowest BCUT2D eigenvalue weighted by molar-refractivity contribution is -0.144. The first kappa shape index (κ1) is 34.7. The summed E-state index contributed by atoms with van der Waals surface area (Å²) in [4.78, 5) is 67.1. The normalized spacial score (nSPS) is 14.0. The average molecular weight is 643 g/mol. The maximum atomic E-state index is 13.4. The minimum atomic E-state index is -3.57. The van der Waals surface area contributed by atoms with E-state index in [-0.39, 0.29) is 19.3 Å². The highest BCUT2D eigenvalue weighted by atomic mass is 32.2. The van der Waals surface area contributed by atoms with E-state index in [4.69, 9.17) is 11.5 Å². The summed E-state index contributed by atoms with van der Waals surface area (Å²) in [5.41, 5.74) is 14.0. The Morgan fingerprint density at radius 3 is 2.09 bits per heavy atom. The van der Waals surface area contributed by atoms with Crippen LogP contribution in [-0.4, -0.2) is 86.3 Å². The number of nitrogens with two attached hydrogens (primary N) is 2. The zero-order chi connectivity index (χ0) is 33.1. The maximum Gasteiger partial charge on any atom is 0.308 e. The number of fused-ring (bicyclic) bond motifs is 1. The molecular formula is C30H38N6O8S. The number of carbonyl (C=O) groups excluding carboxylic acids is 5. The molecule has 0 unspecified atom stereocenters. The summed E-state index contributed by atoms with van der Waals surface area (Å²) in [5, 5.41) is 8.18. The Bertz CT molecular complexity index is 1630. The van der Waals surface area contributed by atoms with Crippen LogP contribution >= 0.6 is 0 Å². The van der Waals surface area contributed by atoms with E-state index in [1.165, 1.54) is 0 Å². The van der Waals surface area contributed by atoms with Crippen molar-refractivity contribution in [3.63, 3.8) is 0 Å². The van der Waals surface area contributed by atoms with Crippen molar-refractivity contribution in [1.82, 2.24) is 20.9 Å². The number of primary amides is 1. The number of ether oxygens (including phenoxy) is 1. The molecule has 15 heteroatoms. The van der Waals surface area contributed by atoms with Crippen LogP contribution in [0.25, 0.3) is 10.9 Å². The van der Waals surface area contributed by atoms with Crippen LogP contribution in [0.15, 0.2) is 60.8 Å². The van der Waals surface area contributed by atoms with Crippen LogP contribution in [0.5, 0.6) is 0 Å². The molecule has 0 saturated heterocycles. The van der Waals surface area contributed by atoms with Gasteiger partial charge in [0.25, 0.3) is 0 Å². The highest BCUT2D eigenvalue weighted by Crippen LogP contribution is 2.19. The molecule has 0 radical (unpaired) electrons. The maximum absolute atomic E-state index is 13.4. The Labute approximate surface area is 260 Å². The summed E-state index contributed by atoms with van der Waals surface area (Å²) < 4.78 is 28.5. The predicted octanol–water partition coefficient (Wildman–Crippen LogP) is -0.782. The first-order valence-electron chi connectivity index (χ1n) is 14.1. The van der Waals surface area contributed by atoms with E-state index < -0.39 is 75.8 Å². The first-order chi connectivity index (χ1) is 21.3. The van der Waals surface area contributed by atoms with Gasteiger partial charge < -0.3 is 37.1 Å². The van der Waals surface area contributed by atoms with Crippen molar-refractivity contribution in [3.05, 3.63) is 71.9 Å². The van der Waals surface area contributed by atoms with Crippen molar-refractivity contribution in [3.8, 4) is 0 Å². The van der Waals surface area contributed by atoms with Gasteiger partial charge in [-0.25, -0.2) is 8.42 Å². The van der Waals surface area contributed by atoms with Crippen LogP contribution in [-0.2, 0) is 51.4 Å². The molecule has 0 saturated carbocycles. The number of esters is 1. The van der Waals surface area contributed by atoms with Crippen LogP contribution in [0.3, 0.4) is 0 Å². The van der Waals surface area contributed by atoms with Gasteiger partial charge >= 0.3 is 5.97 Å². The number of benzene rings is 2. The SMILES string of the molecule is COC(=O)C[C@H](NC(=O)[C@H](CCS(C)(=O)=O)NC(=O)[C@H](N)Cc1c[nH]c2ccccc12)C(=O)N[C@@H](Cc1ccccc1)C(N)=O. The van der Waals surface area contributed by atoms with Gasteiger partial charge in [0.2, 0.25) is 23.6 Å². The van der Waals surface area contributed by atoms with E-state index in [0.717, 1.165) is 29.8 Å². The van der Waals surface area contributed by atoms with Crippen molar-refractivity contribution in [2.75, 3.05) is 19.1 Å². The molecule has 0 bridgehead atoms. The van der Waals surface area contributed by atoms with E-state index in [0.29, 0.717) is 5.56 Å². The predicted molar refractivity (Wildman–Crippen MR) is 166 cm³/mol. The van der Waals surface area contributed by atoms with Crippen LogP contribution in [0, 0.1) is 0 Å². The molecule has 0 aliphatic heterocycles. The smallest absolute Gasteiger partial charge is 0.308 e. The average Bonchev–Trinajstić information content (AvgIpc) is 3.40. The minimum absolute atomic E-state index is 0.0438. The van der Waals surface area contributed by atoms with Crippen molar-refractivity contribution in [1.29, 1.82) is 0 Å². The number of aromatic amines is 1. The van der Waals surface area contributed by atoms with Crippen LogP contribution in [0.4, 0.5) is 0 Å². The second-order valence-corrected chi connectivity index (χ2v) is 12.9. The van der Waals surface area contributed by atoms with Gasteiger partial charge in [-0.1, -0.05) is 48.5 Å². The van der Waals surface area contributed by atoms with E-state index in [2.05, 4.69) is 25.7 Å². The van der Waals surface area contributed by atoms with Crippen LogP contribution in [0.2, 0.25) is 0 Å². The zero-order valence-corrected chi connectivity index (χ0v) is 25.8. The largest absolute Gasteiger partial charge is 0.469 e. The summed E-state index contributed by atoms with van der Waals surface area (Å²) >= 11 is 0. The van der Waals surface area contributed by atoms with Crippen molar-refractivity contribution in [2.24, 2.45) is 11.5 Å². The van der Waals surface area contributed by atoms with E-state index in [9.17, 15) is 32.4 Å². The second kappa shape index (κ2) is 15.8. The topological polar surface area (TPSA) is 233 Å². The fourth-order valence-corrected chi connectivity index (χ4v) is 5.25. The number of hydrogen-bond acceptors (Lipinski definition) is 9. The first-order valence-corrected chi connectivity index (χ1v) is 16.1. The Kier molecular flexibility index (Phi) is 12.2. The van der Waals surface area contributed by atoms with Crippen molar-refractivity contribution < 1.29 is 37.1 Å². The Hall–Kier alpha value is -4.76. The highest BCUT2D eigenvalue weighted by molar-refractivity contribution is 7.90. The fraction of sp³-hybridized carbons (Fsp3) is 0.367. The standard InChI is InChI=1S/C30H38N6O8S/c1-44-26(37)16-25(30(41)35-24(27(32)38)14-18-8-4-3-5-9-18)36-29(40)23(12-13-45(2,42)43)34-28(39)21(31)15-19-17-33-22-11-7-6-10-20(19)22/h3-11,17,21,23-25,33H,12-16,31H2,1-2H3,(H2,32,38)(H,34,39)(H,35,41)(H,36,40)/t21-,23+,24+,25+/m1/s1. The Morgan fingerprint density at radius 2 is 1.44 bits per heavy atom. The molecule has 0 spiro atoms. The van der Waals surface area contributed by atoms with Crippen LogP contribution in [0.1, 0.15) is 24.0 Å². The number of nitrogens with one attached hydrogen (secondary N) is 4. The molecule has 1 aromatic heterocycles. The molecule has 45 heavy (non-hydrogen) atoms. The minimum Gasteiger partial charge on any atom is -0.469 e. The van der Waals surface area contributed by atoms with Crippen LogP contribution < -0.4 is 27.4 Å². The number of rotatable bonds is 16. The number of methoxy groups -OCH3 is 1. The molecule has 2 aromatic carbocycles. The molecule has 1 heterocycles. The summed E-state index contributed by atoms with van der Waals surface area (Å²) in [5.74, 6) is -4.78. The summed E-state index contributed by atoms with van der Waals surface area (Å²) in [7, 11) is -2.48. The summed E-state index contributed by atoms with van der Waals surface area (Å²) in [6, 6.07) is 10.9. The molecule has 242 valence electrons. The quantitative estimate of drug-likeness (QED) is 0.107. The monoisotopic (exact) mass is 642 g/mol. The molecule has 0 aliphatic rings. The van der Waals surface area contributed by atoms with Gasteiger partial charge in [0, 0.05) is 29.8 Å². The van der Waals surface area contributed by atoms with Crippen molar-refractivity contribution >= 4 is 50.3 Å². The van der Waals surface area contributed by atoms with Gasteiger partial charge in [-0.15, -0.1) is 0 Å². The number of hydrogen-bond donors (Lipinski definition) is 6. The number of carbonyl (C=O) groups is 5. The number of para-hydroxylation sites is 1. The van der Waals surface area contributed by atoms with Gasteiger partial charge in [-0.05, 0) is 30.0 Å². The molecule has 4 atom stereocenters. The van der Waals surface area contributed by atoms with Gasteiger partial charge in [-0.2, -0.15) is 0 Å². The van der Waals surface area contributed by atoms with E-state index in [1.807, 2.05) is 24.3 Å². The second-order valence-electron chi connectivity index (χ2n) is 10.6. The summed E-state index contributed by atoms with van der Waals surface area (Å²) in [6.45, 7) is 0. The summed E-state index contributed by atoms with van der Waals surface area (Å²) in [6.07, 6.45) is 1.87. The van der Waals surface area contributed by atoms with Gasteiger partial charge in [-0.3, -0.25) is 24.0 Å². The molecule has 3 aromatic rings. The number of amides is 4. The Morgan fingerprint density at radius 1 is 0.844 bits per heavy atom. The molecule has 8 N–H and O–H groups in total. The van der Waals surface area contributed by atoms with E-state index in [1.54, 1.807) is 36.5 Å². The zero-order valence-electron chi connectivity index (χ0n) is 24.9. The van der Waals surface area contributed by atoms with Gasteiger partial charge in [0.15, 0.2) is 0 Å². The lowest BCUT2D eigenvalue weighted by atomic mass is 10.0. The van der Waals surface area contributed by atoms with Gasteiger partial charge in [0.1, 0.15) is 28.0 Å². The number of sulfone groups is 1. The fourth-order valence-electron chi connectivity index (χ4n) is 4.59. The third kappa shape index (κ3) is 10.7. The molecule has 3 rings (SSSR count). The molecule has 0 aliphatic carbocycles. The Balaban J connectivity index is 1.77. The lowest BCUT2D eigenvalue weighted by Crippen LogP contribution is -2.58. The molecule has 4 amide bonds. The van der Waals surface area contributed by atoms with Crippen molar-refractivity contribution in [2.45, 2.75) is 49.9 Å². The third-order valence-electron chi connectivity index (χ3n) is 7.04. The molecular weight excluding hydrogens is 604 g/mol. The number of aromatic nitrogens is 1. The highest BCUT2D eigenvalue weighted by Gasteiger charge is 2.32. The van der Waals surface area contributed by atoms with Gasteiger partial charge in [0.05, 0.1) is 25.3 Å². The third-order valence-corrected chi connectivity index (χ3v) is 8.01. The lowest BCUT2D eigenvalue weighted by Gasteiger charge is -2.25. The molecule has 14 nitrogen and oxygen atoms in total.